The lowest BCUT2D eigenvalue weighted by Gasteiger charge is -2.22. The summed E-state index contributed by atoms with van der Waals surface area (Å²) in [7, 11) is 0. The van der Waals surface area contributed by atoms with Crippen LogP contribution in [0, 0.1) is 0 Å². The van der Waals surface area contributed by atoms with Gasteiger partial charge in [-0.15, -0.1) is 0 Å². The van der Waals surface area contributed by atoms with Crippen molar-refractivity contribution in [3.63, 3.8) is 0 Å². The zero-order valence-electron chi connectivity index (χ0n) is 10.2. The largest absolute Gasteiger partial charge is 0.476 e. The van der Waals surface area contributed by atoms with Gasteiger partial charge in [0, 0.05) is 19.1 Å². The molecule has 2 aliphatic rings. The van der Waals surface area contributed by atoms with Gasteiger partial charge in [-0.05, 0) is 32.4 Å². The molecule has 1 N–H and O–H groups in total. The highest BCUT2D eigenvalue weighted by molar-refractivity contribution is 5.85. The van der Waals surface area contributed by atoms with Gasteiger partial charge in [-0.2, -0.15) is 4.98 Å². The number of anilines is 1. The van der Waals surface area contributed by atoms with Gasteiger partial charge in [-0.25, -0.2) is 4.79 Å². The van der Waals surface area contributed by atoms with E-state index in [1.165, 1.54) is 32.2 Å². The molecule has 98 valence electrons. The van der Waals surface area contributed by atoms with Gasteiger partial charge in [0.05, 0.1) is 0 Å². The van der Waals surface area contributed by atoms with Crippen LogP contribution in [-0.4, -0.2) is 53.2 Å². The van der Waals surface area contributed by atoms with Gasteiger partial charge in [-0.3, -0.25) is 4.90 Å². The van der Waals surface area contributed by atoms with E-state index in [2.05, 4.69) is 9.88 Å². The lowest BCUT2D eigenvalue weighted by atomic mass is 10.2. The average molecular weight is 251 g/mol. The summed E-state index contributed by atoms with van der Waals surface area (Å²) in [5.41, 5.74) is -0.0189. The van der Waals surface area contributed by atoms with Crippen LogP contribution in [0.1, 0.15) is 29.8 Å². The van der Waals surface area contributed by atoms with E-state index in [0.717, 1.165) is 19.5 Å². The first-order chi connectivity index (χ1) is 8.74. The van der Waals surface area contributed by atoms with Crippen molar-refractivity contribution >= 4 is 12.0 Å². The van der Waals surface area contributed by atoms with Crippen LogP contribution in [0.15, 0.2) is 10.7 Å². The van der Waals surface area contributed by atoms with Crippen molar-refractivity contribution in [1.29, 1.82) is 0 Å². The van der Waals surface area contributed by atoms with E-state index in [1.807, 2.05) is 4.90 Å². The van der Waals surface area contributed by atoms with Crippen molar-refractivity contribution in [3.05, 3.63) is 12.0 Å². The van der Waals surface area contributed by atoms with E-state index in [-0.39, 0.29) is 5.69 Å². The second-order valence-electron chi connectivity index (χ2n) is 4.95. The molecule has 0 aromatic carbocycles. The fourth-order valence-electron chi connectivity index (χ4n) is 2.83. The summed E-state index contributed by atoms with van der Waals surface area (Å²) in [4.78, 5) is 19.3. The number of hydrogen-bond acceptors (Lipinski definition) is 5. The van der Waals surface area contributed by atoms with Crippen LogP contribution in [-0.2, 0) is 0 Å². The van der Waals surface area contributed by atoms with Crippen molar-refractivity contribution in [2.75, 3.05) is 31.1 Å². The normalized spacial score (nSPS) is 24.9. The minimum atomic E-state index is -1.04. The van der Waals surface area contributed by atoms with E-state index >= 15 is 0 Å². The highest BCUT2D eigenvalue weighted by atomic mass is 16.4. The average Bonchev–Trinajstić information content (AvgIpc) is 3.10. The lowest BCUT2D eigenvalue weighted by Crippen LogP contribution is -2.35. The molecule has 0 bridgehead atoms. The quantitative estimate of drug-likeness (QED) is 0.865. The third-order valence-corrected chi connectivity index (χ3v) is 3.80. The first kappa shape index (κ1) is 11.5. The predicted molar refractivity (Wildman–Crippen MR) is 64.9 cm³/mol. The summed E-state index contributed by atoms with van der Waals surface area (Å²) >= 11 is 0. The molecule has 2 fully saturated rings. The maximum atomic E-state index is 10.8. The molecule has 0 spiro atoms. The van der Waals surface area contributed by atoms with E-state index in [9.17, 15) is 4.79 Å². The molecule has 3 rings (SSSR count). The molecule has 1 unspecified atom stereocenters. The molecule has 2 aliphatic heterocycles. The minimum absolute atomic E-state index is 0.0189. The number of carbonyl (C=O) groups is 1. The van der Waals surface area contributed by atoms with Crippen LogP contribution < -0.4 is 4.90 Å². The van der Waals surface area contributed by atoms with E-state index in [4.69, 9.17) is 9.52 Å². The maximum Gasteiger partial charge on any atom is 0.357 e. The number of carboxylic acids is 1. The van der Waals surface area contributed by atoms with Crippen molar-refractivity contribution in [1.82, 2.24) is 9.88 Å². The maximum absolute atomic E-state index is 10.8. The number of aromatic carboxylic acids is 1. The third kappa shape index (κ3) is 2.08. The number of likely N-dealkylation sites (tertiary alicyclic amines) is 1. The summed E-state index contributed by atoms with van der Waals surface area (Å²) in [5, 5.41) is 8.82. The van der Waals surface area contributed by atoms with Crippen LogP contribution in [0.4, 0.5) is 6.01 Å². The van der Waals surface area contributed by atoms with Crippen LogP contribution in [0.2, 0.25) is 0 Å². The molecule has 0 amide bonds. The standard InChI is InChI=1S/C12H17N3O3/c16-11(17)10-8-18-12(13-10)15-6-3-9(7-15)14-4-1-2-5-14/h8-9H,1-7H2,(H,16,17). The molecular formula is C12H17N3O3. The van der Waals surface area contributed by atoms with Gasteiger partial charge in [0.1, 0.15) is 6.26 Å². The Labute approximate surface area is 105 Å². The fraction of sp³-hybridized carbons (Fsp3) is 0.667. The summed E-state index contributed by atoms with van der Waals surface area (Å²) < 4.78 is 5.24. The first-order valence-electron chi connectivity index (χ1n) is 6.42. The van der Waals surface area contributed by atoms with Crippen molar-refractivity contribution in [2.24, 2.45) is 0 Å². The molecule has 0 aliphatic carbocycles. The summed E-state index contributed by atoms with van der Waals surface area (Å²) in [6.07, 6.45) is 4.89. The van der Waals surface area contributed by atoms with Crippen LogP contribution in [0.5, 0.6) is 0 Å². The smallest absolute Gasteiger partial charge is 0.357 e. The molecular weight excluding hydrogens is 234 g/mol. The summed E-state index contributed by atoms with van der Waals surface area (Å²) in [6, 6.07) is 1.00. The number of nitrogens with zero attached hydrogens (tertiary/aromatic N) is 3. The Balaban J connectivity index is 1.65. The molecule has 6 heteroatoms. The highest BCUT2D eigenvalue weighted by Gasteiger charge is 2.31. The van der Waals surface area contributed by atoms with Gasteiger partial charge in [0.2, 0.25) is 0 Å². The van der Waals surface area contributed by atoms with Gasteiger partial charge < -0.3 is 14.4 Å². The van der Waals surface area contributed by atoms with Crippen LogP contribution >= 0.6 is 0 Å². The Bertz CT molecular complexity index is 440. The van der Waals surface area contributed by atoms with Gasteiger partial charge >= 0.3 is 5.97 Å². The number of oxazole rings is 1. The Morgan fingerprint density at radius 2 is 2.17 bits per heavy atom. The molecule has 3 heterocycles. The summed E-state index contributed by atoms with van der Waals surface area (Å²) in [6.45, 7) is 4.15. The first-order valence-corrected chi connectivity index (χ1v) is 6.42. The van der Waals surface area contributed by atoms with E-state index in [1.54, 1.807) is 0 Å². The topological polar surface area (TPSA) is 69.8 Å². The molecule has 0 saturated carbocycles. The lowest BCUT2D eigenvalue weighted by molar-refractivity contribution is 0.0690. The second kappa shape index (κ2) is 4.61. The van der Waals surface area contributed by atoms with E-state index in [0.29, 0.717) is 12.1 Å². The van der Waals surface area contributed by atoms with E-state index < -0.39 is 5.97 Å². The summed E-state index contributed by atoms with van der Waals surface area (Å²) in [5.74, 6) is -1.04. The number of hydrogen-bond donors (Lipinski definition) is 1. The predicted octanol–water partition coefficient (Wildman–Crippen LogP) is 1.05. The highest BCUT2D eigenvalue weighted by Crippen LogP contribution is 2.24. The second-order valence-corrected chi connectivity index (χ2v) is 4.95. The van der Waals surface area contributed by atoms with Crippen molar-refractivity contribution < 1.29 is 14.3 Å². The minimum Gasteiger partial charge on any atom is -0.476 e. The number of aromatic nitrogens is 1. The Morgan fingerprint density at radius 3 is 2.83 bits per heavy atom. The van der Waals surface area contributed by atoms with Gasteiger partial charge in [-0.1, -0.05) is 0 Å². The number of rotatable bonds is 3. The van der Waals surface area contributed by atoms with Crippen molar-refractivity contribution in [2.45, 2.75) is 25.3 Å². The van der Waals surface area contributed by atoms with Crippen molar-refractivity contribution in [3.8, 4) is 0 Å². The molecule has 18 heavy (non-hydrogen) atoms. The van der Waals surface area contributed by atoms with Gasteiger partial charge in [0.15, 0.2) is 5.69 Å². The van der Waals surface area contributed by atoms with Crippen LogP contribution in [0.25, 0.3) is 0 Å². The Morgan fingerprint density at radius 1 is 1.39 bits per heavy atom. The van der Waals surface area contributed by atoms with Crippen LogP contribution in [0.3, 0.4) is 0 Å². The molecule has 1 aromatic rings. The zero-order valence-corrected chi connectivity index (χ0v) is 10.2. The molecule has 1 aromatic heterocycles. The Kier molecular flexibility index (Phi) is 2.95. The monoisotopic (exact) mass is 251 g/mol. The number of carboxylic acid groups (broad SMARTS) is 1. The molecule has 2 saturated heterocycles. The van der Waals surface area contributed by atoms with Gasteiger partial charge in [0.25, 0.3) is 6.01 Å². The molecule has 6 nitrogen and oxygen atoms in total. The third-order valence-electron chi connectivity index (χ3n) is 3.80. The SMILES string of the molecule is O=C(O)c1coc(N2CCC(N3CCCC3)C2)n1. The fourth-order valence-corrected chi connectivity index (χ4v) is 2.83. The Hall–Kier alpha value is -1.56. The molecule has 1 atom stereocenters. The zero-order chi connectivity index (χ0) is 12.5. The molecule has 0 radical (unpaired) electrons.